The zero-order chi connectivity index (χ0) is 13.8. The van der Waals surface area contributed by atoms with Gasteiger partial charge in [-0.25, -0.2) is 9.59 Å². The van der Waals surface area contributed by atoms with Crippen LogP contribution in [-0.4, -0.2) is 24.1 Å². The van der Waals surface area contributed by atoms with E-state index >= 15 is 0 Å². The van der Waals surface area contributed by atoms with Gasteiger partial charge in [-0.05, 0) is 61.6 Å². The van der Waals surface area contributed by atoms with Crippen molar-refractivity contribution in [1.82, 2.24) is 0 Å². The molecule has 0 saturated carbocycles. The molecule has 18 heavy (non-hydrogen) atoms. The van der Waals surface area contributed by atoms with Gasteiger partial charge in [0.25, 0.3) is 0 Å². The Hall–Kier alpha value is -1.11. The molecule has 1 aromatic rings. The predicted molar refractivity (Wildman–Crippen MR) is 75.3 cm³/mol. The zero-order valence-corrected chi connectivity index (χ0v) is 12.7. The van der Waals surface area contributed by atoms with Gasteiger partial charge < -0.3 is 9.47 Å². The number of halogens is 1. The number of benzene rings is 1. The second-order valence-corrected chi connectivity index (χ2v) is 5.92. The molecular formula is C13H15IO4. The van der Waals surface area contributed by atoms with E-state index in [1.165, 1.54) is 0 Å². The summed E-state index contributed by atoms with van der Waals surface area (Å²) in [6.07, 6.45) is 0. The first-order valence-electron chi connectivity index (χ1n) is 5.42. The Morgan fingerprint density at radius 3 is 2.50 bits per heavy atom. The van der Waals surface area contributed by atoms with Gasteiger partial charge in [-0.3, -0.25) is 0 Å². The summed E-state index contributed by atoms with van der Waals surface area (Å²) >= 11 is 2.10. The van der Waals surface area contributed by atoms with E-state index in [0.717, 1.165) is 3.57 Å². The fraction of sp³-hybridized carbons (Fsp3) is 0.385. The molecule has 0 radical (unpaired) electrons. The minimum atomic E-state index is -0.578. The van der Waals surface area contributed by atoms with Crippen LogP contribution in [0.15, 0.2) is 24.3 Å². The molecule has 0 bridgehead atoms. The van der Waals surface area contributed by atoms with Crippen molar-refractivity contribution in [3.8, 4) is 0 Å². The van der Waals surface area contributed by atoms with Crippen LogP contribution in [0.25, 0.3) is 0 Å². The summed E-state index contributed by atoms with van der Waals surface area (Å²) in [5.74, 6) is -1.08. The van der Waals surface area contributed by atoms with Crippen LogP contribution in [0, 0.1) is 3.57 Å². The van der Waals surface area contributed by atoms with Gasteiger partial charge >= 0.3 is 11.9 Å². The smallest absolute Gasteiger partial charge is 0.344 e. The highest BCUT2D eigenvalue weighted by atomic mass is 127. The fourth-order valence-corrected chi connectivity index (χ4v) is 1.74. The highest BCUT2D eigenvalue weighted by Crippen LogP contribution is 2.10. The minimum absolute atomic E-state index is 0.373. The molecule has 0 fully saturated rings. The van der Waals surface area contributed by atoms with E-state index in [1.54, 1.807) is 39.0 Å². The Morgan fingerprint density at radius 1 is 1.28 bits per heavy atom. The van der Waals surface area contributed by atoms with E-state index in [0.29, 0.717) is 5.56 Å². The van der Waals surface area contributed by atoms with Gasteiger partial charge in [0.15, 0.2) is 6.61 Å². The van der Waals surface area contributed by atoms with Crippen LogP contribution in [0.3, 0.4) is 0 Å². The number of hydrogen-bond acceptors (Lipinski definition) is 4. The van der Waals surface area contributed by atoms with Crippen molar-refractivity contribution in [2.45, 2.75) is 26.4 Å². The second kappa shape index (κ2) is 6.17. The molecule has 98 valence electrons. The molecule has 1 rings (SSSR count). The summed E-state index contributed by atoms with van der Waals surface area (Å²) in [6.45, 7) is 4.90. The standard InChI is InChI=1S/C13H15IO4/c1-13(2,3)18-11(15)8-17-12(16)9-5-4-6-10(14)7-9/h4-7H,8H2,1-3H3. The van der Waals surface area contributed by atoms with E-state index in [-0.39, 0.29) is 6.61 Å². The Morgan fingerprint density at radius 2 is 1.94 bits per heavy atom. The number of esters is 2. The molecule has 0 aliphatic rings. The largest absolute Gasteiger partial charge is 0.457 e. The quantitative estimate of drug-likeness (QED) is 0.613. The van der Waals surface area contributed by atoms with Crippen molar-refractivity contribution in [1.29, 1.82) is 0 Å². The Labute approximate surface area is 120 Å². The molecular weight excluding hydrogens is 347 g/mol. The number of ether oxygens (including phenoxy) is 2. The van der Waals surface area contributed by atoms with Gasteiger partial charge in [-0.2, -0.15) is 0 Å². The van der Waals surface area contributed by atoms with E-state index in [9.17, 15) is 9.59 Å². The molecule has 4 nitrogen and oxygen atoms in total. The van der Waals surface area contributed by atoms with Crippen LogP contribution in [0.2, 0.25) is 0 Å². The SMILES string of the molecule is CC(C)(C)OC(=O)COC(=O)c1cccc(I)c1. The minimum Gasteiger partial charge on any atom is -0.457 e. The van der Waals surface area contributed by atoms with Crippen LogP contribution >= 0.6 is 22.6 Å². The maximum absolute atomic E-state index is 11.6. The van der Waals surface area contributed by atoms with Crippen molar-refractivity contribution in [2.75, 3.05) is 6.61 Å². The molecule has 0 aliphatic heterocycles. The number of carbonyl (C=O) groups is 2. The van der Waals surface area contributed by atoms with Gasteiger partial charge in [0.2, 0.25) is 0 Å². The summed E-state index contributed by atoms with van der Waals surface area (Å²) < 4.78 is 10.8. The lowest BCUT2D eigenvalue weighted by molar-refractivity contribution is -0.158. The molecule has 0 unspecified atom stereocenters. The van der Waals surface area contributed by atoms with Crippen LogP contribution in [0.5, 0.6) is 0 Å². The molecule has 0 heterocycles. The lowest BCUT2D eigenvalue weighted by atomic mass is 10.2. The van der Waals surface area contributed by atoms with Crippen molar-refractivity contribution >= 4 is 34.5 Å². The normalized spacial score (nSPS) is 10.9. The molecule has 0 N–H and O–H groups in total. The second-order valence-electron chi connectivity index (χ2n) is 4.67. The Balaban J connectivity index is 2.49. The van der Waals surface area contributed by atoms with Gasteiger partial charge in [0.05, 0.1) is 5.56 Å². The summed E-state index contributed by atoms with van der Waals surface area (Å²) in [6, 6.07) is 6.95. The van der Waals surface area contributed by atoms with Crippen LogP contribution in [0.1, 0.15) is 31.1 Å². The first-order chi connectivity index (χ1) is 8.28. The molecule has 0 spiro atoms. The number of carbonyl (C=O) groups excluding carboxylic acids is 2. The summed E-state index contributed by atoms with van der Waals surface area (Å²) in [4.78, 5) is 23.0. The summed E-state index contributed by atoms with van der Waals surface area (Å²) in [7, 11) is 0. The maximum atomic E-state index is 11.6. The highest BCUT2D eigenvalue weighted by molar-refractivity contribution is 14.1. The number of rotatable bonds is 3. The van der Waals surface area contributed by atoms with Crippen molar-refractivity contribution in [3.05, 3.63) is 33.4 Å². The van der Waals surface area contributed by atoms with Crippen LogP contribution in [0.4, 0.5) is 0 Å². The van der Waals surface area contributed by atoms with Crippen molar-refractivity contribution in [2.24, 2.45) is 0 Å². The molecule has 5 heteroatoms. The first-order valence-corrected chi connectivity index (χ1v) is 6.50. The van der Waals surface area contributed by atoms with Crippen molar-refractivity contribution < 1.29 is 19.1 Å². The topological polar surface area (TPSA) is 52.6 Å². The fourth-order valence-electron chi connectivity index (χ4n) is 1.19. The lowest BCUT2D eigenvalue weighted by Crippen LogP contribution is -2.27. The molecule has 1 aromatic carbocycles. The van der Waals surface area contributed by atoms with Crippen molar-refractivity contribution in [3.63, 3.8) is 0 Å². The summed E-state index contributed by atoms with van der Waals surface area (Å²) in [5, 5.41) is 0. The zero-order valence-electron chi connectivity index (χ0n) is 10.5. The van der Waals surface area contributed by atoms with E-state index < -0.39 is 17.5 Å². The van der Waals surface area contributed by atoms with Gasteiger partial charge in [0, 0.05) is 3.57 Å². The van der Waals surface area contributed by atoms with Gasteiger partial charge in [0.1, 0.15) is 5.60 Å². The third kappa shape index (κ3) is 5.48. The molecule has 0 amide bonds. The number of hydrogen-bond donors (Lipinski definition) is 0. The third-order valence-corrected chi connectivity index (χ3v) is 2.47. The molecule has 0 aliphatic carbocycles. The molecule has 0 saturated heterocycles. The average molecular weight is 362 g/mol. The van der Waals surface area contributed by atoms with E-state index in [1.807, 2.05) is 6.07 Å². The molecule has 0 atom stereocenters. The van der Waals surface area contributed by atoms with E-state index in [2.05, 4.69) is 22.6 Å². The Kier molecular flexibility index (Phi) is 5.13. The monoisotopic (exact) mass is 362 g/mol. The van der Waals surface area contributed by atoms with E-state index in [4.69, 9.17) is 9.47 Å². The van der Waals surface area contributed by atoms with Crippen LogP contribution < -0.4 is 0 Å². The maximum Gasteiger partial charge on any atom is 0.344 e. The lowest BCUT2D eigenvalue weighted by Gasteiger charge is -2.19. The summed E-state index contributed by atoms with van der Waals surface area (Å²) in [5.41, 5.74) is -0.156. The Bertz CT molecular complexity index is 449. The highest BCUT2D eigenvalue weighted by Gasteiger charge is 2.18. The average Bonchev–Trinajstić information content (AvgIpc) is 2.23. The van der Waals surface area contributed by atoms with Crippen LogP contribution in [-0.2, 0) is 14.3 Å². The predicted octanol–water partition coefficient (Wildman–Crippen LogP) is 2.79. The molecule has 0 aromatic heterocycles. The third-order valence-electron chi connectivity index (χ3n) is 1.80. The first kappa shape index (κ1) is 14.9. The van der Waals surface area contributed by atoms with Gasteiger partial charge in [-0.1, -0.05) is 6.07 Å². The van der Waals surface area contributed by atoms with Gasteiger partial charge in [-0.15, -0.1) is 0 Å².